The van der Waals surface area contributed by atoms with E-state index >= 15 is 0 Å². The van der Waals surface area contributed by atoms with Gasteiger partial charge in [0, 0.05) is 6.04 Å². The number of ether oxygens (including phenoxy) is 1. The summed E-state index contributed by atoms with van der Waals surface area (Å²) in [6.45, 7) is 2.10. The quantitative estimate of drug-likeness (QED) is 0.701. The van der Waals surface area contributed by atoms with Crippen LogP contribution in [0.3, 0.4) is 0 Å². The Morgan fingerprint density at radius 3 is 2.33 bits per heavy atom. The maximum Gasteiger partial charge on any atom is 0.100 e. The molecule has 5 aliphatic rings. The fourth-order valence-corrected chi connectivity index (χ4v) is 5.70. The molecule has 0 aromatic rings. The number of hydrogen-bond acceptors (Lipinski definition) is 3. The van der Waals surface area contributed by atoms with Gasteiger partial charge in [-0.3, -0.25) is 4.90 Å². The van der Waals surface area contributed by atoms with E-state index in [1.165, 1.54) is 32.1 Å². The van der Waals surface area contributed by atoms with Crippen LogP contribution in [0.5, 0.6) is 0 Å². The topological polar surface area (TPSA) is 36.3 Å². The molecular formula is C15H22N2O. The van der Waals surface area contributed by atoms with Gasteiger partial charge in [-0.05, 0) is 61.7 Å². The summed E-state index contributed by atoms with van der Waals surface area (Å²) < 4.78 is 5.65. The van der Waals surface area contributed by atoms with Crippen molar-refractivity contribution < 1.29 is 4.74 Å². The highest BCUT2D eigenvalue weighted by atomic mass is 16.5. The van der Waals surface area contributed by atoms with Crippen LogP contribution in [0.2, 0.25) is 0 Å². The zero-order valence-electron chi connectivity index (χ0n) is 10.9. The predicted molar refractivity (Wildman–Crippen MR) is 67.5 cm³/mol. The van der Waals surface area contributed by atoms with Gasteiger partial charge in [-0.15, -0.1) is 0 Å². The molecule has 18 heavy (non-hydrogen) atoms. The molecule has 3 heteroatoms. The highest BCUT2D eigenvalue weighted by Gasteiger charge is 2.52. The van der Waals surface area contributed by atoms with Gasteiger partial charge in [0.2, 0.25) is 0 Å². The Hall–Kier alpha value is -0.590. The third-order valence-electron chi connectivity index (χ3n) is 6.03. The molecule has 1 atom stereocenters. The SMILES string of the molecule is N#CCN1COCC1C1C2CC3CC(C2)CC1C3. The molecule has 98 valence electrons. The van der Waals surface area contributed by atoms with Crippen molar-refractivity contribution in [3.8, 4) is 6.07 Å². The summed E-state index contributed by atoms with van der Waals surface area (Å²) >= 11 is 0. The highest BCUT2D eigenvalue weighted by molar-refractivity contribution is 5.03. The molecule has 4 bridgehead atoms. The summed E-state index contributed by atoms with van der Waals surface area (Å²) in [5.41, 5.74) is 0. The van der Waals surface area contributed by atoms with Crippen LogP contribution in [0.1, 0.15) is 32.1 Å². The summed E-state index contributed by atoms with van der Waals surface area (Å²) in [7, 11) is 0. The number of hydrogen-bond donors (Lipinski definition) is 0. The van der Waals surface area contributed by atoms with Crippen molar-refractivity contribution in [3.05, 3.63) is 0 Å². The number of nitrogens with zero attached hydrogens (tertiary/aromatic N) is 2. The highest BCUT2D eigenvalue weighted by Crippen LogP contribution is 2.58. The third kappa shape index (κ3) is 1.62. The van der Waals surface area contributed by atoms with Crippen molar-refractivity contribution in [2.75, 3.05) is 19.9 Å². The summed E-state index contributed by atoms with van der Waals surface area (Å²) in [4.78, 5) is 2.28. The van der Waals surface area contributed by atoms with Crippen LogP contribution in [0.25, 0.3) is 0 Å². The van der Waals surface area contributed by atoms with Crippen LogP contribution >= 0.6 is 0 Å². The van der Waals surface area contributed by atoms with Gasteiger partial charge >= 0.3 is 0 Å². The lowest BCUT2D eigenvalue weighted by Crippen LogP contribution is -2.53. The zero-order chi connectivity index (χ0) is 12.1. The number of rotatable bonds is 2. The maximum absolute atomic E-state index is 8.95. The first-order valence-electron chi connectivity index (χ1n) is 7.54. The van der Waals surface area contributed by atoms with E-state index in [2.05, 4.69) is 11.0 Å². The molecule has 1 heterocycles. The number of nitriles is 1. The first-order valence-corrected chi connectivity index (χ1v) is 7.54. The minimum absolute atomic E-state index is 0.541. The average molecular weight is 246 g/mol. The van der Waals surface area contributed by atoms with Crippen LogP contribution in [0.4, 0.5) is 0 Å². The average Bonchev–Trinajstić information content (AvgIpc) is 2.76. The van der Waals surface area contributed by atoms with E-state index in [-0.39, 0.29) is 0 Å². The van der Waals surface area contributed by atoms with Crippen molar-refractivity contribution in [1.82, 2.24) is 4.90 Å². The molecule has 4 saturated carbocycles. The first-order chi connectivity index (χ1) is 8.85. The molecule has 4 aliphatic carbocycles. The van der Waals surface area contributed by atoms with Gasteiger partial charge in [-0.1, -0.05) is 0 Å². The standard InChI is InChI=1S/C15H22N2O/c16-1-2-17-9-18-8-14(17)15-12-4-10-3-11(6-12)7-13(15)5-10/h10-15H,2-9H2. The molecule has 1 saturated heterocycles. The lowest BCUT2D eigenvalue weighted by atomic mass is 9.50. The summed E-state index contributed by atoms with van der Waals surface area (Å²) in [5.74, 6) is 4.78. The Morgan fingerprint density at radius 2 is 1.72 bits per heavy atom. The molecule has 5 fully saturated rings. The fraction of sp³-hybridized carbons (Fsp3) is 0.933. The zero-order valence-corrected chi connectivity index (χ0v) is 10.9. The van der Waals surface area contributed by atoms with Gasteiger partial charge in [0.1, 0.15) is 6.73 Å². The Balaban J connectivity index is 1.56. The minimum Gasteiger partial charge on any atom is -0.364 e. The lowest BCUT2D eigenvalue weighted by molar-refractivity contribution is -0.0636. The van der Waals surface area contributed by atoms with Crippen molar-refractivity contribution >= 4 is 0 Å². The van der Waals surface area contributed by atoms with Gasteiger partial charge in [0.15, 0.2) is 0 Å². The Kier molecular flexibility index (Phi) is 2.63. The van der Waals surface area contributed by atoms with E-state index in [0.29, 0.717) is 19.3 Å². The predicted octanol–water partition coefficient (Wildman–Crippen LogP) is 2.24. The fourth-order valence-electron chi connectivity index (χ4n) is 5.70. The van der Waals surface area contributed by atoms with E-state index in [4.69, 9.17) is 10.00 Å². The lowest BCUT2D eigenvalue weighted by Gasteiger charge is -2.56. The normalized spacial score (nSPS) is 50.6. The summed E-state index contributed by atoms with van der Waals surface area (Å²) in [5, 5.41) is 8.95. The molecular weight excluding hydrogens is 224 g/mol. The van der Waals surface area contributed by atoms with Crippen LogP contribution in [0.15, 0.2) is 0 Å². The molecule has 0 N–H and O–H groups in total. The Bertz CT molecular complexity index is 347. The molecule has 0 aromatic heterocycles. The monoisotopic (exact) mass is 246 g/mol. The summed E-state index contributed by atoms with van der Waals surface area (Å²) in [6, 6.07) is 2.85. The van der Waals surface area contributed by atoms with E-state index in [0.717, 1.165) is 36.2 Å². The second kappa shape index (κ2) is 4.21. The van der Waals surface area contributed by atoms with Crippen molar-refractivity contribution in [3.63, 3.8) is 0 Å². The van der Waals surface area contributed by atoms with E-state index in [1.54, 1.807) is 0 Å². The third-order valence-corrected chi connectivity index (χ3v) is 6.03. The van der Waals surface area contributed by atoms with Crippen LogP contribution < -0.4 is 0 Å². The van der Waals surface area contributed by atoms with Crippen LogP contribution in [-0.2, 0) is 4.74 Å². The second-order valence-corrected chi connectivity index (χ2v) is 6.98. The Labute approximate surface area is 109 Å². The van der Waals surface area contributed by atoms with Gasteiger partial charge in [-0.2, -0.15) is 5.26 Å². The molecule has 1 unspecified atom stereocenters. The van der Waals surface area contributed by atoms with Gasteiger partial charge in [0.25, 0.3) is 0 Å². The van der Waals surface area contributed by atoms with Gasteiger partial charge in [-0.25, -0.2) is 0 Å². The molecule has 0 spiro atoms. The minimum atomic E-state index is 0.541. The first kappa shape index (κ1) is 11.3. The van der Waals surface area contributed by atoms with Crippen molar-refractivity contribution in [2.45, 2.75) is 38.1 Å². The van der Waals surface area contributed by atoms with Crippen LogP contribution in [0, 0.1) is 40.9 Å². The molecule has 0 aromatic carbocycles. The molecule has 0 radical (unpaired) electrons. The summed E-state index contributed by atoms with van der Waals surface area (Å²) in [6.07, 6.45) is 7.38. The molecule has 3 nitrogen and oxygen atoms in total. The van der Waals surface area contributed by atoms with Crippen molar-refractivity contribution in [2.24, 2.45) is 29.6 Å². The second-order valence-electron chi connectivity index (χ2n) is 6.98. The van der Waals surface area contributed by atoms with Crippen molar-refractivity contribution in [1.29, 1.82) is 5.26 Å². The maximum atomic E-state index is 8.95. The van der Waals surface area contributed by atoms with E-state index < -0.39 is 0 Å². The van der Waals surface area contributed by atoms with Gasteiger partial charge in [0.05, 0.1) is 19.2 Å². The largest absolute Gasteiger partial charge is 0.364 e. The molecule has 1 aliphatic heterocycles. The Morgan fingerprint density at radius 1 is 1.06 bits per heavy atom. The molecule has 5 rings (SSSR count). The van der Waals surface area contributed by atoms with Crippen LogP contribution in [-0.4, -0.2) is 30.8 Å². The van der Waals surface area contributed by atoms with E-state index in [9.17, 15) is 0 Å². The smallest absolute Gasteiger partial charge is 0.100 e. The molecule has 0 amide bonds. The van der Waals surface area contributed by atoms with E-state index in [1.807, 2.05) is 0 Å². The van der Waals surface area contributed by atoms with Gasteiger partial charge < -0.3 is 4.74 Å².